The van der Waals surface area contributed by atoms with E-state index in [4.69, 9.17) is 16.1 Å². The summed E-state index contributed by atoms with van der Waals surface area (Å²) in [7, 11) is 0. The van der Waals surface area contributed by atoms with E-state index in [0.717, 1.165) is 11.1 Å². The quantitative estimate of drug-likeness (QED) is 0.486. The van der Waals surface area contributed by atoms with E-state index in [1.54, 1.807) is 36.5 Å². The summed E-state index contributed by atoms with van der Waals surface area (Å²) < 4.78 is 0. The number of aromatic nitrogens is 1. The summed E-state index contributed by atoms with van der Waals surface area (Å²) in [4.78, 5) is 19.5. The number of anilines is 1. The maximum atomic E-state index is 10.9. The minimum atomic E-state index is -0.997. The van der Waals surface area contributed by atoms with Gasteiger partial charge < -0.3 is 16.2 Å². The SMILES string of the molecule is N#Cc1ccc(-c2cccnc2/N=C(\N)Nc2ccc(C(=O)O)cc2)cc1. The second kappa shape index (κ2) is 7.80. The van der Waals surface area contributed by atoms with Gasteiger partial charge in [-0.15, -0.1) is 0 Å². The van der Waals surface area contributed by atoms with Crippen molar-refractivity contribution in [2.75, 3.05) is 5.32 Å². The average Bonchev–Trinajstić information content (AvgIpc) is 2.69. The van der Waals surface area contributed by atoms with Crippen LogP contribution in [0.4, 0.5) is 11.5 Å². The Labute approximate surface area is 155 Å². The molecule has 1 aromatic heterocycles. The van der Waals surface area contributed by atoms with E-state index in [0.29, 0.717) is 17.1 Å². The minimum Gasteiger partial charge on any atom is -0.478 e. The first-order valence-electron chi connectivity index (χ1n) is 7.97. The minimum absolute atomic E-state index is 0.117. The van der Waals surface area contributed by atoms with Gasteiger partial charge in [0.05, 0.1) is 17.2 Å². The number of carbonyl (C=O) groups is 1. The fraction of sp³-hybridized carbons (Fsp3) is 0. The molecule has 0 amide bonds. The molecule has 2 aromatic carbocycles. The molecule has 7 heteroatoms. The fourth-order valence-electron chi connectivity index (χ4n) is 2.42. The number of carboxylic acids is 1. The summed E-state index contributed by atoms with van der Waals surface area (Å²) in [6, 6.07) is 19.0. The topological polar surface area (TPSA) is 124 Å². The van der Waals surface area contributed by atoms with Crippen LogP contribution in [0.25, 0.3) is 11.1 Å². The molecule has 132 valence electrons. The fourth-order valence-corrected chi connectivity index (χ4v) is 2.42. The number of hydrogen-bond donors (Lipinski definition) is 3. The van der Waals surface area contributed by atoms with Gasteiger partial charge in [-0.2, -0.15) is 10.3 Å². The zero-order valence-electron chi connectivity index (χ0n) is 14.1. The maximum Gasteiger partial charge on any atom is 0.335 e. The van der Waals surface area contributed by atoms with Crippen LogP contribution in [0.2, 0.25) is 0 Å². The second-order valence-corrected chi connectivity index (χ2v) is 5.57. The molecular weight excluding hydrogens is 342 g/mol. The van der Waals surface area contributed by atoms with Gasteiger partial charge in [0.2, 0.25) is 0 Å². The summed E-state index contributed by atoms with van der Waals surface area (Å²) >= 11 is 0. The third-order valence-corrected chi connectivity index (χ3v) is 3.74. The van der Waals surface area contributed by atoms with E-state index in [2.05, 4.69) is 21.4 Å². The van der Waals surface area contributed by atoms with Gasteiger partial charge in [-0.1, -0.05) is 12.1 Å². The van der Waals surface area contributed by atoms with Gasteiger partial charge in [-0.3, -0.25) is 0 Å². The van der Waals surface area contributed by atoms with E-state index in [1.807, 2.05) is 18.2 Å². The lowest BCUT2D eigenvalue weighted by molar-refractivity contribution is 0.0697. The molecule has 3 aromatic rings. The van der Waals surface area contributed by atoms with Gasteiger partial charge >= 0.3 is 5.97 Å². The highest BCUT2D eigenvalue weighted by molar-refractivity contribution is 5.95. The molecule has 1 heterocycles. The largest absolute Gasteiger partial charge is 0.478 e. The zero-order valence-corrected chi connectivity index (χ0v) is 14.1. The number of nitriles is 1. The molecule has 3 rings (SSSR count). The monoisotopic (exact) mass is 357 g/mol. The molecule has 0 aliphatic rings. The van der Waals surface area contributed by atoms with Crippen LogP contribution in [0.5, 0.6) is 0 Å². The van der Waals surface area contributed by atoms with Gasteiger partial charge in [0, 0.05) is 17.4 Å². The number of nitrogens with two attached hydrogens (primary N) is 1. The normalized spacial score (nSPS) is 10.9. The highest BCUT2D eigenvalue weighted by atomic mass is 16.4. The third kappa shape index (κ3) is 4.27. The van der Waals surface area contributed by atoms with Gasteiger partial charge in [0.15, 0.2) is 11.8 Å². The van der Waals surface area contributed by atoms with Gasteiger partial charge in [-0.25, -0.2) is 9.78 Å². The average molecular weight is 357 g/mol. The lowest BCUT2D eigenvalue weighted by Gasteiger charge is -2.08. The van der Waals surface area contributed by atoms with Crippen molar-refractivity contribution in [1.29, 1.82) is 5.26 Å². The van der Waals surface area contributed by atoms with E-state index >= 15 is 0 Å². The van der Waals surface area contributed by atoms with Crippen molar-refractivity contribution in [2.45, 2.75) is 0 Å². The summed E-state index contributed by atoms with van der Waals surface area (Å²) in [6.07, 6.45) is 1.61. The van der Waals surface area contributed by atoms with Gasteiger partial charge in [0.1, 0.15) is 0 Å². The second-order valence-electron chi connectivity index (χ2n) is 5.57. The van der Waals surface area contributed by atoms with Crippen molar-refractivity contribution < 1.29 is 9.90 Å². The van der Waals surface area contributed by atoms with Gasteiger partial charge in [0.25, 0.3) is 0 Å². The third-order valence-electron chi connectivity index (χ3n) is 3.74. The van der Waals surface area contributed by atoms with Crippen LogP contribution < -0.4 is 11.1 Å². The Bertz CT molecular complexity index is 1040. The van der Waals surface area contributed by atoms with Crippen molar-refractivity contribution in [3.63, 3.8) is 0 Å². The van der Waals surface area contributed by atoms with Crippen LogP contribution in [-0.2, 0) is 0 Å². The molecule has 4 N–H and O–H groups in total. The maximum absolute atomic E-state index is 10.9. The van der Waals surface area contributed by atoms with Crippen molar-refractivity contribution in [3.8, 4) is 17.2 Å². The number of guanidine groups is 1. The van der Waals surface area contributed by atoms with Crippen molar-refractivity contribution in [2.24, 2.45) is 10.7 Å². The smallest absolute Gasteiger partial charge is 0.335 e. The Morgan fingerprint density at radius 2 is 1.81 bits per heavy atom. The van der Waals surface area contributed by atoms with Crippen LogP contribution in [0.15, 0.2) is 71.9 Å². The number of benzene rings is 2. The van der Waals surface area contributed by atoms with E-state index < -0.39 is 5.97 Å². The van der Waals surface area contributed by atoms with Crippen molar-refractivity contribution >= 4 is 23.4 Å². The first-order chi connectivity index (χ1) is 13.1. The Morgan fingerprint density at radius 3 is 2.44 bits per heavy atom. The molecule has 7 nitrogen and oxygen atoms in total. The predicted octanol–water partition coefficient (Wildman–Crippen LogP) is 3.38. The Morgan fingerprint density at radius 1 is 1.11 bits per heavy atom. The van der Waals surface area contributed by atoms with Crippen molar-refractivity contribution in [1.82, 2.24) is 4.98 Å². The predicted molar refractivity (Wildman–Crippen MR) is 103 cm³/mol. The lowest BCUT2D eigenvalue weighted by Crippen LogP contribution is -2.22. The summed E-state index contributed by atoms with van der Waals surface area (Å²) in [5.74, 6) is -0.454. The molecule has 0 saturated carbocycles. The van der Waals surface area contributed by atoms with Crippen LogP contribution in [0.1, 0.15) is 15.9 Å². The molecule has 0 aliphatic carbocycles. The molecule has 0 unspecified atom stereocenters. The summed E-state index contributed by atoms with van der Waals surface area (Å²) in [5.41, 5.74) is 8.96. The number of carboxylic acid groups (broad SMARTS) is 1. The highest BCUT2D eigenvalue weighted by Gasteiger charge is 2.07. The van der Waals surface area contributed by atoms with Crippen LogP contribution >= 0.6 is 0 Å². The zero-order chi connectivity index (χ0) is 19.2. The molecule has 27 heavy (non-hydrogen) atoms. The van der Waals surface area contributed by atoms with Crippen molar-refractivity contribution in [3.05, 3.63) is 78.0 Å². The first-order valence-corrected chi connectivity index (χ1v) is 7.97. The number of nitrogens with zero attached hydrogens (tertiary/aromatic N) is 3. The lowest BCUT2D eigenvalue weighted by atomic mass is 10.1. The van der Waals surface area contributed by atoms with Crippen LogP contribution in [0, 0.1) is 11.3 Å². The number of aromatic carboxylic acids is 1. The van der Waals surface area contributed by atoms with E-state index in [9.17, 15) is 4.79 Å². The first kappa shape index (κ1) is 17.6. The van der Waals surface area contributed by atoms with Gasteiger partial charge in [-0.05, 0) is 54.1 Å². The number of hydrogen-bond acceptors (Lipinski definition) is 4. The van der Waals surface area contributed by atoms with Crippen LogP contribution in [0.3, 0.4) is 0 Å². The Hall–Kier alpha value is -4.18. The molecule has 0 radical (unpaired) electrons. The molecule has 0 spiro atoms. The highest BCUT2D eigenvalue weighted by Crippen LogP contribution is 2.28. The van der Waals surface area contributed by atoms with E-state index in [-0.39, 0.29) is 11.5 Å². The number of aliphatic imine (C=N–C) groups is 1. The molecule has 0 bridgehead atoms. The molecule has 0 atom stereocenters. The molecular formula is C20H15N5O2. The Kier molecular flexibility index (Phi) is 5.10. The number of nitrogens with one attached hydrogen (secondary N) is 1. The number of rotatable bonds is 4. The standard InChI is InChI=1S/C20H15N5O2/c21-12-13-3-5-14(6-4-13)17-2-1-11-23-18(17)25-20(22)24-16-9-7-15(8-10-16)19(26)27/h1-11H,(H,26,27)(H3,22,23,24,25). The molecule has 0 aliphatic heterocycles. The molecule has 0 saturated heterocycles. The summed E-state index contributed by atoms with van der Waals surface area (Å²) in [6.45, 7) is 0. The Balaban J connectivity index is 1.85. The number of pyridine rings is 1. The summed E-state index contributed by atoms with van der Waals surface area (Å²) in [5, 5.41) is 20.8. The molecule has 0 fully saturated rings. The van der Waals surface area contributed by atoms with Crippen LogP contribution in [-0.4, -0.2) is 22.0 Å². The van der Waals surface area contributed by atoms with E-state index in [1.165, 1.54) is 12.1 Å².